The fraction of sp³-hybridized carbons (Fsp3) is 0.455. The molecule has 45 heavy (non-hydrogen) atoms. The number of ether oxygens (including phenoxy) is 2. The van der Waals surface area contributed by atoms with Crippen molar-refractivity contribution >= 4 is 39.8 Å². The molecule has 3 aliphatic heterocycles. The smallest absolute Gasteiger partial charge is 0.318 e. The van der Waals surface area contributed by atoms with Gasteiger partial charge in [-0.3, -0.25) is 4.79 Å². The number of piperazine rings is 1. The molecule has 1 aromatic heterocycles. The summed E-state index contributed by atoms with van der Waals surface area (Å²) in [6, 6.07) is 9.21. The second-order valence-electron chi connectivity index (χ2n) is 12.0. The van der Waals surface area contributed by atoms with Gasteiger partial charge in [-0.1, -0.05) is 36.4 Å². The normalized spacial score (nSPS) is 21.6. The molecule has 0 bridgehead atoms. The largest absolute Gasteiger partial charge is 0.463 e. The molecule has 1 amide bonds. The van der Waals surface area contributed by atoms with Crippen molar-refractivity contribution in [2.45, 2.75) is 25.0 Å². The van der Waals surface area contributed by atoms with Gasteiger partial charge in [0, 0.05) is 54.8 Å². The first-order valence-electron chi connectivity index (χ1n) is 15.2. The first kappa shape index (κ1) is 31.0. The van der Waals surface area contributed by atoms with E-state index < -0.39 is 5.82 Å². The second kappa shape index (κ2) is 13.2. The number of hydrogen-bond acceptors (Lipinski definition) is 8. The summed E-state index contributed by atoms with van der Waals surface area (Å²) < 4.78 is 26.6. The van der Waals surface area contributed by atoms with Gasteiger partial charge in [0.05, 0.1) is 37.1 Å². The highest BCUT2D eigenvalue weighted by Crippen LogP contribution is 2.38. The SMILES string of the molecule is [C-]#[N+]C[C@H]1CN(c2nc(OC[C@@H]3COC[C@@H]3N(C)C)nc3c2CCN(c2cccc4ccc(F)c(Cl)c24)C3)CCN1C(=O)C=C. The fourth-order valence-electron chi connectivity index (χ4n) is 6.69. The van der Waals surface area contributed by atoms with Crippen LogP contribution < -0.4 is 14.5 Å². The summed E-state index contributed by atoms with van der Waals surface area (Å²) >= 11 is 6.50. The number of nitrogens with zero attached hydrogens (tertiary/aromatic N) is 7. The van der Waals surface area contributed by atoms with Crippen molar-refractivity contribution < 1.29 is 18.7 Å². The van der Waals surface area contributed by atoms with Crippen LogP contribution in [0.25, 0.3) is 15.6 Å². The molecule has 0 unspecified atom stereocenters. The number of likely N-dealkylation sites (N-methyl/N-ethyl adjacent to an activating group) is 1. The maximum Gasteiger partial charge on any atom is 0.318 e. The van der Waals surface area contributed by atoms with E-state index in [2.05, 4.69) is 26.1 Å². The summed E-state index contributed by atoms with van der Waals surface area (Å²) in [7, 11) is 4.08. The lowest BCUT2D eigenvalue weighted by Gasteiger charge is -2.41. The average Bonchev–Trinajstić information content (AvgIpc) is 3.53. The predicted octanol–water partition coefficient (Wildman–Crippen LogP) is 4.06. The first-order valence-corrected chi connectivity index (χ1v) is 15.6. The van der Waals surface area contributed by atoms with Crippen LogP contribution in [0.15, 0.2) is 43.0 Å². The Balaban J connectivity index is 1.35. The topological polar surface area (TPSA) is 78.6 Å². The Morgan fingerprint density at radius 2 is 2.07 bits per heavy atom. The molecule has 3 aromatic rings. The second-order valence-corrected chi connectivity index (χ2v) is 12.4. The van der Waals surface area contributed by atoms with Crippen molar-refractivity contribution in [2.24, 2.45) is 5.92 Å². The van der Waals surface area contributed by atoms with Gasteiger partial charge in [-0.15, -0.1) is 0 Å². The molecule has 3 aliphatic rings. The molecule has 236 valence electrons. The Bertz CT molecular complexity index is 1650. The number of amides is 1. The molecule has 2 aromatic carbocycles. The van der Waals surface area contributed by atoms with E-state index in [0.717, 1.165) is 28.1 Å². The number of halogens is 2. The lowest BCUT2D eigenvalue weighted by molar-refractivity contribution is -0.128. The van der Waals surface area contributed by atoms with Crippen LogP contribution in [0.2, 0.25) is 5.02 Å². The fourth-order valence-corrected chi connectivity index (χ4v) is 6.96. The van der Waals surface area contributed by atoms with E-state index in [1.165, 1.54) is 12.1 Å². The summed E-state index contributed by atoms with van der Waals surface area (Å²) in [4.78, 5) is 34.2. The van der Waals surface area contributed by atoms with E-state index >= 15 is 0 Å². The number of carbonyl (C=O) groups is 1. The van der Waals surface area contributed by atoms with E-state index in [4.69, 9.17) is 37.6 Å². The van der Waals surface area contributed by atoms with Crippen molar-refractivity contribution in [3.05, 3.63) is 76.5 Å². The van der Waals surface area contributed by atoms with Crippen LogP contribution in [0, 0.1) is 18.3 Å². The van der Waals surface area contributed by atoms with E-state index in [0.29, 0.717) is 64.4 Å². The maximum atomic E-state index is 14.6. The summed E-state index contributed by atoms with van der Waals surface area (Å²) in [5.74, 6) is 0.310. The van der Waals surface area contributed by atoms with Gasteiger partial charge in [0.15, 0.2) is 0 Å². The lowest BCUT2D eigenvalue weighted by Crippen LogP contribution is -2.56. The van der Waals surface area contributed by atoms with E-state index in [9.17, 15) is 9.18 Å². The number of aromatic nitrogens is 2. The average molecular weight is 634 g/mol. The van der Waals surface area contributed by atoms with Crippen molar-refractivity contribution in [3.63, 3.8) is 0 Å². The molecule has 6 rings (SSSR count). The minimum atomic E-state index is -0.454. The van der Waals surface area contributed by atoms with Gasteiger partial charge in [0.25, 0.3) is 0 Å². The number of carbonyl (C=O) groups excluding carboxylic acids is 1. The zero-order valence-corrected chi connectivity index (χ0v) is 26.3. The Labute approximate surface area is 267 Å². The monoisotopic (exact) mass is 633 g/mol. The van der Waals surface area contributed by atoms with Gasteiger partial charge in [-0.05, 0) is 44.1 Å². The van der Waals surface area contributed by atoms with Gasteiger partial charge in [-0.2, -0.15) is 9.97 Å². The lowest BCUT2D eigenvalue weighted by atomic mass is 10.0. The Kier molecular flexibility index (Phi) is 9.08. The van der Waals surface area contributed by atoms with Crippen molar-refractivity contribution in [2.75, 3.05) is 76.4 Å². The molecule has 10 nitrogen and oxygen atoms in total. The van der Waals surface area contributed by atoms with Gasteiger partial charge < -0.3 is 33.9 Å². The van der Waals surface area contributed by atoms with Crippen molar-refractivity contribution in [1.82, 2.24) is 19.8 Å². The number of hydrogen-bond donors (Lipinski definition) is 0. The van der Waals surface area contributed by atoms with E-state index in [1.54, 1.807) is 11.0 Å². The van der Waals surface area contributed by atoms with E-state index in [-0.39, 0.29) is 41.5 Å². The molecular formula is C33H37ClFN7O3. The Morgan fingerprint density at radius 3 is 2.84 bits per heavy atom. The molecule has 0 aliphatic carbocycles. The molecule has 3 atom stereocenters. The zero-order valence-electron chi connectivity index (χ0n) is 25.6. The maximum absolute atomic E-state index is 14.6. The standard InChI is InChI=1S/C33H37ClFN7O3/c1-5-29(43)42-14-13-41(16-23(42)15-36-2)32-24-11-12-40(27-8-6-7-21-9-10-25(35)31(34)30(21)27)17-26(24)37-33(38-32)45-19-22-18-44-20-28(22)39(3)4/h5-10,22-23,28H,1,11-20H2,3-4H3/t22-,23-,28-/m0/s1. The summed E-state index contributed by atoms with van der Waals surface area (Å²) in [5, 5.41) is 1.65. The summed E-state index contributed by atoms with van der Waals surface area (Å²) in [6.07, 6.45) is 1.95. The molecular weight excluding hydrogens is 597 g/mol. The molecule has 0 spiro atoms. The Hall–Kier alpha value is -3.98. The number of anilines is 2. The molecule has 0 radical (unpaired) electrons. The quantitative estimate of drug-likeness (QED) is 0.272. The highest BCUT2D eigenvalue weighted by Gasteiger charge is 2.36. The molecule has 2 saturated heterocycles. The minimum absolute atomic E-state index is 0.105. The van der Waals surface area contributed by atoms with Crippen LogP contribution in [0.1, 0.15) is 11.3 Å². The van der Waals surface area contributed by atoms with E-state index in [1.807, 2.05) is 32.3 Å². The predicted molar refractivity (Wildman–Crippen MR) is 172 cm³/mol. The molecule has 4 heterocycles. The molecule has 0 N–H and O–H groups in total. The van der Waals surface area contributed by atoms with Crippen LogP contribution in [0.4, 0.5) is 15.9 Å². The summed E-state index contributed by atoms with van der Waals surface area (Å²) in [5.41, 5.74) is 2.68. The molecule has 0 saturated carbocycles. The summed E-state index contributed by atoms with van der Waals surface area (Å²) in [6.45, 7) is 15.6. The number of fused-ring (bicyclic) bond motifs is 2. The van der Waals surface area contributed by atoms with Gasteiger partial charge in [-0.25, -0.2) is 11.0 Å². The Morgan fingerprint density at radius 1 is 1.22 bits per heavy atom. The molecule has 12 heteroatoms. The molecule has 2 fully saturated rings. The van der Waals surface area contributed by atoms with Crippen LogP contribution in [-0.4, -0.2) is 104 Å². The van der Waals surface area contributed by atoms with Gasteiger partial charge in [0.1, 0.15) is 17.7 Å². The van der Waals surface area contributed by atoms with Crippen molar-refractivity contribution in [3.8, 4) is 6.01 Å². The van der Waals surface area contributed by atoms with Crippen LogP contribution in [0.5, 0.6) is 6.01 Å². The highest BCUT2D eigenvalue weighted by atomic mass is 35.5. The number of rotatable bonds is 8. The highest BCUT2D eigenvalue weighted by molar-refractivity contribution is 6.36. The van der Waals surface area contributed by atoms with Gasteiger partial charge >= 0.3 is 6.01 Å². The van der Waals surface area contributed by atoms with Gasteiger partial charge in [0.2, 0.25) is 12.5 Å². The first-order chi connectivity index (χ1) is 21.8. The third-order valence-electron chi connectivity index (χ3n) is 9.07. The minimum Gasteiger partial charge on any atom is -0.463 e. The van der Waals surface area contributed by atoms with Crippen LogP contribution >= 0.6 is 11.6 Å². The third-order valence-corrected chi connectivity index (χ3v) is 9.44. The van der Waals surface area contributed by atoms with Crippen molar-refractivity contribution in [1.29, 1.82) is 0 Å². The number of benzene rings is 2. The van der Waals surface area contributed by atoms with Crippen LogP contribution in [0.3, 0.4) is 0 Å². The zero-order chi connectivity index (χ0) is 31.7. The van der Waals surface area contributed by atoms with Crippen LogP contribution in [-0.2, 0) is 22.5 Å². The third kappa shape index (κ3) is 6.15.